The second-order valence-electron chi connectivity index (χ2n) is 6.24. The van der Waals surface area contributed by atoms with Crippen molar-refractivity contribution < 1.29 is 9.90 Å². The van der Waals surface area contributed by atoms with Crippen molar-refractivity contribution in [1.29, 1.82) is 0 Å². The lowest BCUT2D eigenvalue weighted by Crippen LogP contribution is -2.04. The molecule has 0 amide bonds. The van der Waals surface area contributed by atoms with Gasteiger partial charge in [0, 0.05) is 5.56 Å². The number of aryl methyl sites for hydroxylation is 4. The summed E-state index contributed by atoms with van der Waals surface area (Å²) in [5.74, 6) is -1.02. The number of aromatic carboxylic acids is 1. The zero-order valence-corrected chi connectivity index (χ0v) is 14.3. The van der Waals surface area contributed by atoms with Crippen LogP contribution in [-0.2, 0) is 0 Å². The monoisotopic (exact) mass is 320 g/mol. The van der Waals surface area contributed by atoms with Crippen LogP contribution in [0.1, 0.15) is 32.7 Å². The van der Waals surface area contributed by atoms with Gasteiger partial charge >= 0.3 is 5.97 Å². The van der Waals surface area contributed by atoms with Crippen molar-refractivity contribution in [2.24, 2.45) is 0 Å². The van der Waals surface area contributed by atoms with Gasteiger partial charge in [0.15, 0.2) is 5.69 Å². The number of hydrogen-bond acceptors (Lipinski definition) is 2. The third-order valence-corrected chi connectivity index (χ3v) is 4.17. The third kappa shape index (κ3) is 2.83. The average molecular weight is 320 g/mol. The highest BCUT2D eigenvalue weighted by molar-refractivity contribution is 5.87. The zero-order valence-electron chi connectivity index (χ0n) is 14.3. The minimum Gasteiger partial charge on any atom is -0.476 e. The molecule has 0 saturated heterocycles. The Morgan fingerprint density at radius 3 is 2.12 bits per heavy atom. The van der Waals surface area contributed by atoms with Crippen molar-refractivity contribution in [1.82, 2.24) is 9.78 Å². The normalized spacial score (nSPS) is 10.8. The minimum absolute atomic E-state index is 0.0463. The number of rotatable bonds is 3. The second-order valence-corrected chi connectivity index (χ2v) is 6.24. The van der Waals surface area contributed by atoms with E-state index >= 15 is 0 Å². The summed E-state index contributed by atoms with van der Waals surface area (Å²) in [5.41, 5.74) is 7.20. The fourth-order valence-electron chi connectivity index (χ4n) is 3.01. The SMILES string of the molecule is Cc1ccc(-c2cc(C(=O)O)nn2-c2ccc(C)cc2C)c(C)c1. The molecule has 0 aliphatic heterocycles. The van der Waals surface area contributed by atoms with Crippen LogP contribution in [0.25, 0.3) is 16.9 Å². The number of benzene rings is 2. The van der Waals surface area contributed by atoms with Crippen molar-refractivity contribution in [3.63, 3.8) is 0 Å². The molecule has 0 fully saturated rings. The molecule has 2 aromatic carbocycles. The van der Waals surface area contributed by atoms with Crippen LogP contribution in [0.2, 0.25) is 0 Å². The van der Waals surface area contributed by atoms with Crippen LogP contribution in [0.15, 0.2) is 42.5 Å². The molecule has 0 bridgehead atoms. The van der Waals surface area contributed by atoms with Crippen LogP contribution in [0.5, 0.6) is 0 Å². The average Bonchev–Trinajstić information content (AvgIpc) is 2.92. The molecular weight excluding hydrogens is 300 g/mol. The molecule has 0 atom stereocenters. The number of carbonyl (C=O) groups is 1. The Labute approximate surface area is 141 Å². The van der Waals surface area contributed by atoms with Crippen LogP contribution in [-0.4, -0.2) is 20.9 Å². The van der Waals surface area contributed by atoms with Crippen molar-refractivity contribution >= 4 is 5.97 Å². The number of nitrogens with zero attached hydrogens (tertiary/aromatic N) is 2. The molecule has 3 rings (SSSR count). The number of aromatic nitrogens is 2. The van der Waals surface area contributed by atoms with Crippen LogP contribution in [0.3, 0.4) is 0 Å². The van der Waals surface area contributed by atoms with Gasteiger partial charge in [-0.25, -0.2) is 9.48 Å². The van der Waals surface area contributed by atoms with Gasteiger partial charge in [0.1, 0.15) is 0 Å². The van der Waals surface area contributed by atoms with Gasteiger partial charge in [0.05, 0.1) is 11.4 Å². The maximum Gasteiger partial charge on any atom is 0.356 e. The topological polar surface area (TPSA) is 55.1 Å². The first-order chi connectivity index (χ1) is 11.4. The van der Waals surface area contributed by atoms with E-state index in [0.717, 1.165) is 33.6 Å². The first-order valence-corrected chi connectivity index (χ1v) is 7.85. The summed E-state index contributed by atoms with van der Waals surface area (Å²) in [4.78, 5) is 11.4. The van der Waals surface area contributed by atoms with Gasteiger partial charge < -0.3 is 5.11 Å². The highest BCUT2D eigenvalue weighted by Gasteiger charge is 2.18. The van der Waals surface area contributed by atoms with E-state index in [1.807, 2.05) is 52.0 Å². The van der Waals surface area contributed by atoms with Crippen molar-refractivity contribution in [3.8, 4) is 16.9 Å². The van der Waals surface area contributed by atoms with Gasteiger partial charge in [-0.2, -0.15) is 5.10 Å². The van der Waals surface area contributed by atoms with Crippen LogP contribution in [0, 0.1) is 27.7 Å². The maximum absolute atomic E-state index is 11.4. The van der Waals surface area contributed by atoms with Crippen LogP contribution in [0.4, 0.5) is 0 Å². The summed E-state index contributed by atoms with van der Waals surface area (Å²) >= 11 is 0. The number of hydrogen-bond donors (Lipinski definition) is 1. The van der Waals surface area contributed by atoms with E-state index in [0.29, 0.717) is 0 Å². The molecule has 1 N–H and O–H groups in total. The van der Waals surface area contributed by atoms with E-state index in [1.54, 1.807) is 10.7 Å². The quantitative estimate of drug-likeness (QED) is 0.774. The fourth-order valence-corrected chi connectivity index (χ4v) is 3.01. The molecule has 0 saturated carbocycles. The molecule has 3 aromatic rings. The molecular formula is C20H20N2O2. The van der Waals surface area contributed by atoms with Crippen molar-refractivity contribution in [2.45, 2.75) is 27.7 Å². The summed E-state index contributed by atoms with van der Waals surface area (Å²) in [6.45, 7) is 8.12. The standard InChI is InChI=1S/C20H20N2O2/c1-12-5-7-16(14(3)9-12)19-11-17(20(23)24)21-22(19)18-8-6-13(2)10-15(18)4/h5-11H,1-4H3,(H,23,24). The van der Waals surface area contributed by atoms with E-state index in [9.17, 15) is 9.90 Å². The summed E-state index contributed by atoms with van der Waals surface area (Å²) in [6, 6.07) is 13.8. The van der Waals surface area contributed by atoms with E-state index in [2.05, 4.69) is 17.2 Å². The van der Waals surface area contributed by atoms with Gasteiger partial charge in [-0.15, -0.1) is 0 Å². The molecule has 4 nitrogen and oxygen atoms in total. The highest BCUT2D eigenvalue weighted by atomic mass is 16.4. The summed E-state index contributed by atoms with van der Waals surface area (Å²) < 4.78 is 1.73. The van der Waals surface area contributed by atoms with Gasteiger partial charge in [-0.3, -0.25) is 0 Å². The molecule has 24 heavy (non-hydrogen) atoms. The lowest BCUT2D eigenvalue weighted by atomic mass is 10.0. The molecule has 122 valence electrons. The fraction of sp³-hybridized carbons (Fsp3) is 0.200. The molecule has 0 unspecified atom stereocenters. The first kappa shape index (κ1) is 16.0. The van der Waals surface area contributed by atoms with E-state index < -0.39 is 5.97 Å². The summed E-state index contributed by atoms with van der Waals surface area (Å²) in [6.07, 6.45) is 0. The molecule has 4 heteroatoms. The van der Waals surface area contributed by atoms with E-state index in [-0.39, 0.29) is 5.69 Å². The number of carboxylic acids is 1. The summed E-state index contributed by atoms with van der Waals surface area (Å²) in [7, 11) is 0. The van der Waals surface area contributed by atoms with E-state index in [4.69, 9.17) is 0 Å². The van der Waals surface area contributed by atoms with Gasteiger partial charge in [-0.1, -0.05) is 41.5 Å². The van der Waals surface area contributed by atoms with Gasteiger partial charge in [-0.05, 0) is 51.0 Å². The minimum atomic E-state index is -1.02. The van der Waals surface area contributed by atoms with Gasteiger partial charge in [0.2, 0.25) is 0 Å². The largest absolute Gasteiger partial charge is 0.476 e. The Morgan fingerprint density at radius 2 is 1.54 bits per heavy atom. The van der Waals surface area contributed by atoms with Crippen molar-refractivity contribution in [2.75, 3.05) is 0 Å². The first-order valence-electron chi connectivity index (χ1n) is 7.85. The Kier molecular flexibility index (Phi) is 3.97. The Bertz CT molecular complexity index is 870. The Hall–Kier alpha value is -2.88. The highest BCUT2D eigenvalue weighted by Crippen LogP contribution is 2.29. The smallest absolute Gasteiger partial charge is 0.356 e. The predicted octanol–water partition coefficient (Wildman–Crippen LogP) is 4.47. The second kappa shape index (κ2) is 5.96. The lowest BCUT2D eigenvalue weighted by Gasteiger charge is -2.13. The predicted molar refractivity (Wildman–Crippen MR) is 94.9 cm³/mol. The third-order valence-electron chi connectivity index (χ3n) is 4.17. The number of carboxylic acid groups (broad SMARTS) is 1. The van der Waals surface area contributed by atoms with Gasteiger partial charge in [0.25, 0.3) is 0 Å². The molecule has 0 spiro atoms. The van der Waals surface area contributed by atoms with Crippen LogP contribution < -0.4 is 0 Å². The summed E-state index contributed by atoms with van der Waals surface area (Å²) in [5, 5.41) is 13.7. The Morgan fingerprint density at radius 1 is 0.917 bits per heavy atom. The molecule has 0 radical (unpaired) electrons. The maximum atomic E-state index is 11.4. The Balaban J connectivity index is 2.27. The lowest BCUT2D eigenvalue weighted by molar-refractivity contribution is 0.0690. The van der Waals surface area contributed by atoms with Crippen LogP contribution >= 0.6 is 0 Å². The van der Waals surface area contributed by atoms with E-state index in [1.165, 1.54) is 5.56 Å². The van der Waals surface area contributed by atoms with Crippen molar-refractivity contribution in [3.05, 3.63) is 70.4 Å². The molecule has 0 aliphatic rings. The molecule has 1 aromatic heterocycles. The molecule has 0 aliphatic carbocycles. The zero-order chi connectivity index (χ0) is 17.4. The molecule has 1 heterocycles.